The van der Waals surface area contributed by atoms with Gasteiger partial charge < -0.3 is 4.74 Å². The van der Waals surface area contributed by atoms with Crippen LogP contribution in [0.3, 0.4) is 0 Å². The minimum absolute atomic E-state index is 0.0621. The molecule has 1 heterocycles. The Kier molecular flexibility index (Phi) is 5.02. The Hall–Kier alpha value is -2.52. The summed E-state index contributed by atoms with van der Waals surface area (Å²) in [5, 5.41) is 9.55. The standard InChI is InChI=1S/C15H14ClN3O3/c1-2-18-10-11(9-17)14(20)19(15(18)21)7-8-22-13-5-3-12(16)4-6-13/h3-6,10H,2,7-8H2,1H3. The summed E-state index contributed by atoms with van der Waals surface area (Å²) >= 11 is 5.77. The van der Waals surface area contributed by atoms with Gasteiger partial charge in [0.25, 0.3) is 5.56 Å². The summed E-state index contributed by atoms with van der Waals surface area (Å²) in [5.41, 5.74) is -1.11. The molecule has 0 saturated heterocycles. The van der Waals surface area contributed by atoms with Gasteiger partial charge in [-0.05, 0) is 31.2 Å². The second-order valence-corrected chi connectivity index (χ2v) is 4.92. The molecule has 7 heteroatoms. The molecule has 0 amide bonds. The van der Waals surface area contributed by atoms with Gasteiger partial charge in [-0.1, -0.05) is 11.6 Å². The number of nitriles is 1. The lowest BCUT2D eigenvalue weighted by atomic mass is 10.3. The summed E-state index contributed by atoms with van der Waals surface area (Å²) in [6, 6.07) is 8.56. The summed E-state index contributed by atoms with van der Waals surface area (Å²) in [4.78, 5) is 24.1. The number of hydrogen-bond donors (Lipinski definition) is 0. The predicted molar refractivity (Wildman–Crippen MR) is 82.3 cm³/mol. The van der Waals surface area contributed by atoms with Crippen molar-refractivity contribution in [2.45, 2.75) is 20.0 Å². The molecule has 22 heavy (non-hydrogen) atoms. The maximum atomic E-state index is 12.1. The summed E-state index contributed by atoms with van der Waals surface area (Å²) in [7, 11) is 0. The molecule has 1 aromatic carbocycles. The van der Waals surface area contributed by atoms with Crippen LogP contribution in [0, 0.1) is 11.3 Å². The first-order valence-corrected chi connectivity index (χ1v) is 7.07. The van der Waals surface area contributed by atoms with Gasteiger partial charge >= 0.3 is 5.69 Å². The topological polar surface area (TPSA) is 77.0 Å². The minimum Gasteiger partial charge on any atom is -0.492 e. The van der Waals surface area contributed by atoms with E-state index in [1.807, 2.05) is 0 Å². The van der Waals surface area contributed by atoms with E-state index in [4.69, 9.17) is 21.6 Å². The van der Waals surface area contributed by atoms with Crippen molar-refractivity contribution in [1.82, 2.24) is 9.13 Å². The van der Waals surface area contributed by atoms with Crippen molar-refractivity contribution >= 4 is 11.6 Å². The number of aromatic nitrogens is 2. The molecule has 0 spiro atoms. The van der Waals surface area contributed by atoms with Gasteiger partial charge in [0.15, 0.2) is 0 Å². The van der Waals surface area contributed by atoms with Crippen LogP contribution in [0.15, 0.2) is 40.1 Å². The van der Waals surface area contributed by atoms with E-state index in [9.17, 15) is 9.59 Å². The van der Waals surface area contributed by atoms with Gasteiger partial charge in [0.2, 0.25) is 0 Å². The second-order valence-electron chi connectivity index (χ2n) is 4.48. The van der Waals surface area contributed by atoms with E-state index in [1.54, 1.807) is 37.3 Å². The lowest BCUT2D eigenvalue weighted by Crippen LogP contribution is -2.41. The molecule has 0 aliphatic heterocycles. The monoisotopic (exact) mass is 319 g/mol. The minimum atomic E-state index is -0.600. The van der Waals surface area contributed by atoms with Gasteiger partial charge in [-0.2, -0.15) is 5.26 Å². The number of aryl methyl sites for hydroxylation is 1. The fourth-order valence-electron chi connectivity index (χ4n) is 1.94. The number of ether oxygens (including phenoxy) is 1. The van der Waals surface area contributed by atoms with Crippen LogP contribution >= 0.6 is 11.6 Å². The smallest absolute Gasteiger partial charge is 0.331 e. The van der Waals surface area contributed by atoms with Crippen LogP contribution in [0.2, 0.25) is 5.02 Å². The Morgan fingerprint density at radius 3 is 2.55 bits per heavy atom. The van der Waals surface area contributed by atoms with Crippen LogP contribution in [-0.2, 0) is 13.1 Å². The largest absolute Gasteiger partial charge is 0.492 e. The highest BCUT2D eigenvalue weighted by Crippen LogP contribution is 2.15. The molecule has 0 radical (unpaired) electrons. The van der Waals surface area contributed by atoms with E-state index < -0.39 is 11.2 Å². The molecule has 0 saturated carbocycles. The van der Waals surface area contributed by atoms with Crippen LogP contribution in [0.5, 0.6) is 5.75 Å². The number of rotatable bonds is 5. The number of hydrogen-bond acceptors (Lipinski definition) is 4. The predicted octanol–water partition coefficient (Wildman–Crippen LogP) is 1.63. The molecule has 0 fully saturated rings. The number of nitrogens with zero attached hydrogens (tertiary/aromatic N) is 3. The molecule has 2 rings (SSSR count). The van der Waals surface area contributed by atoms with Gasteiger partial charge in [0.1, 0.15) is 24.0 Å². The van der Waals surface area contributed by atoms with E-state index in [2.05, 4.69) is 0 Å². The van der Waals surface area contributed by atoms with Crippen LogP contribution in [0.4, 0.5) is 0 Å². The van der Waals surface area contributed by atoms with Crippen molar-refractivity contribution in [1.29, 1.82) is 5.26 Å². The fourth-order valence-corrected chi connectivity index (χ4v) is 2.07. The summed E-state index contributed by atoms with van der Waals surface area (Å²) < 4.78 is 7.81. The molecule has 0 atom stereocenters. The van der Waals surface area contributed by atoms with Gasteiger partial charge in [-0.15, -0.1) is 0 Å². The van der Waals surface area contributed by atoms with Crippen molar-refractivity contribution in [2.75, 3.05) is 6.61 Å². The molecular weight excluding hydrogens is 306 g/mol. The molecule has 2 aromatic rings. The van der Waals surface area contributed by atoms with E-state index in [0.717, 1.165) is 4.57 Å². The SMILES string of the molecule is CCn1cc(C#N)c(=O)n(CCOc2ccc(Cl)cc2)c1=O. The summed E-state index contributed by atoms with van der Waals surface area (Å²) in [6.07, 6.45) is 1.28. The first kappa shape index (κ1) is 15.9. The quantitative estimate of drug-likeness (QED) is 0.839. The third-order valence-corrected chi connectivity index (χ3v) is 3.35. The lowest BCUT2D eigenvalue weighted by molar-refractivity contribution is 0.291. The van der Waals surface area contributed by atoms with Crippen molar-refractivity contribution in [3.63, 3.8) is 0 Å². The highest BCUT2D eigenvalue weighted by molar-refractivity contribution is 6.30. The van der Waals surface area contributed by atoms with E-state index >= 15 is 0 Å². The molecule has 0 unspecified atom stereocenters. The van der Waals surface area contributed by atoms with Crippen molar-refractivity contribution < 1.29 is 4.74 Å². The van der Waals surface area contributed by atoms with Crippen LogP contribution < -0.4 is 16.0 Å². The molecule has 0 bridgehead atoms. The average molecular weight is 320 g/mol. The normalized spacial score (nSPS) is 10.2. The maximum absolute atomic E-state index is 12.1. The highest BCUT2D eigenvalue weighted by Gasteiger charge is 2.10. The zero-order valence-electron chi connectivity index (χ0n) is 12.0. The van der Waals surface area contributed by atoms with Gasteiger partial charge in [0, 0.05) is 17.8 Å². The van der Waals surface area contributed by atoms with E-state index in [0.29, 0.717) is 17.3 Å². The molecule has 0 aliphatic carbocycles. The van der Waals surface area contributed by atoms with Crippen LogP contribution in [0.1, 0.15) is 12.5 Å². The van der Waals surface area contributed by atoms with E-state index in [1.165, 1.54) is 10.8 Å². The molecule has 0 N–H and O–H groups in total. The second kappa shape index (κ2) is 6.96. The number of halogens is 1. The molecule has 114 valence electrons. The van der Waals surface area contributed by atoms with Crippen molar-refractivity contribution in [3.05, 3.63) is 61.9 Å². The van der Waals surface area contributed by atoms with Gasteiger partial charge in [-0.3, -0.25) is 13.9 Å². The third-order valence-electron chi connectivity index (χ3n) is 3.10. The molecular formula is C15H14ClN3O3. The van der Waals surface area contributed by atoms with Crippen LogP contribution in [0.25, 0.3) is 0 Å². The summed E-state index contributed by atoms with van der Waals surface area (Å²) in [6.45, 7) is 2.35. The first-order valence-electron chi connectivity index (χ1n) is 6.69. The Balaban J connectivity index is 2.19. The van der Waals surface area contributed by atoms with Gasteiger partial charge in [0.05, 0.1) is 6.54 Å². The highest BCUT2D eigenvalue weighted by atomic mass is 35.5. The van der Waals surface area contributed by atoms with Gasteiger partial charge in [-0.25, -0.2) is 4.79 Å². The molecule has 6 nitrogen and oxygen atoms in total. The Morgan fingerprint density at radius 2 is 1.95 bits per heavy atom. The first-order chi connectivity index (χ1) is 10.6. The molecule has 1 aromatic heterocycles. The third kappa shape index (κ3) is 3.38. The van der Waals surface area contributed by atoms with E-state index in [-0.39, 0.29) is 18.7 Å². The fraction of sp³-hybridized carbons (Fsp3) is 0.267. The van der Waals surface area contributed by atoms with Crippen molar-refractivity contribution in [2.24, 2.45) is 0 Å². The zero-order valence-corrected chi connectivity index (χ0v) is 12.7. The van der Waals surface area contributed by atoms with Crippen LogP contribution in [-0.4, -0.2) is 15.7 Å². The molecule has 0 aliphatic rings. The Labute approximate surface area is 131 Å². The van der Waals surface area contributed by atoms with Crippen molar-refractivity contribution in [3.8, 4) is 11.8 Å². The number of benzene rings is 1. The zero-order chi connectivity index (χ0) is 16.1. The maximum Gasteiger partial charge on any atom is 0.331 e. The Morgan fingerprint density at radius 1 is 1.27 bits per heavy atom. The summed E-state index contributed by atoms with van der Waals surface area (Å²) in [5.74, 6) is 0.588. The Bertz CT molecular complexity index is 816. The average Bonchev–Trinajstić information content (AvgIpc) is 2.52. The lowest BCUT2D eigenvalue weighted by Gasteiger charge is -2.10.